The smallest absolute Gasteiger partial charge is 0.262 e. The maximum absolute atomic E-state index is 13.3. The lowest BCUT2D eigenvalue weighted by atomic mass is 10.1. The molecule has 0 saturated heterocycles. The third kappa shape index (κ3) is 3.99. The normalized spacial score (nSPS) is 11.0. The Hall–Kier alpha value is -3.39. The molecule has 4 rings (SSSR count). The molecule has 0 saturated carbocycles. The Morgan fingerprint density at radius 3 is 2.63 bits per heavy atom. The second-order valence-electron chi connectivity index (χ2n) is 6.87. The number of fused-ring (bicyclic) bond motifs is 1. The molecule has 0 fully saturated rings. The van der Waals surface area contributed by atoms with Crippen molar-refractivity contribution in [2.75, 3.05) is 5.32 Å². The van der Waals surface area contributed by atoms with Crippen LogP contribution in [-0.2, 0) is 11.3 Å². The van der Waals surface area contributed by atoms with E-state index in [0.717, 1.165) is 28.8 Å². The SMILES string of the molecule is Cc1ccc(-c2csc3ncn(CCC(=O)Nc4ccc(F)c(F)c4)c(=O)c23)cc1. The van der Waals surface area contributed by atoms with Crippen molar-refractivity contribution in [2.45, 2.75) is 19.9 Å². The zero-order chi connectivity index (χ0) is 21.3. The number of nitrogens with zero attached hydrogens (tertiary/aromatic N) is 2. The first-order valence-corrected chi connectivity index (χ1v) is 10.1. The molecular weight excluding hydrogens is 408 g/mol. The van der Waals surface area contributed by atoms with Gasteiger partial charge in [0.25, 0.3) is 5.56 Å². The highest BCUT2D eigenvalue weighted by Crippen LogP contribution is 2.30. The molecule has 0 aliphatic heterocycles. The maximum Gasteiger partial charge on any atom is 0.262 e. The number of thiophene rings is 1. The first-order valence-electron chi connectivity index (χ1n) is 9.21. The van der Waals surface area contributed by atoms with Crippen LogP contribution in [0.25, 0.3) is 21.3 Å². The van der Waals surface area contributed by atoms with E-state index in [0.29, 0.717) is 10.2 Å². The predicted molar refractivity (Wildman–Crippen MR) is 114 cm³/mol. The summed E-state index contributed by atoms with van der Waals surface area (Å²) in [4.78, 5) is 30.2. The van der Waals surface area contributed by atoms with Gasteiger partial charge in [0.1, 0.15) is 4.83 Å². The highest BCUT2D eigenvalue weighted by molar-refractivity contribution is 7.17. The molecule has 0 spiro atoms. The summed E-state index contributed by atoms with van der Waals surface area (Å²) in [5, 5.41) is 4.92. The minimum atomic E-state index is -1.04. The Morgan fingerprint density at radius 2 is 1.90 bits per heavy atom. The number of hydrogen-bond acceptors (Lipinski definition) is 4. The van der Waals surface area contributed by atoms with Crippen LogP contribution < -0.4 is 10.9 Å². The third-order valence-electron chi connectivity index (χ3n) is 4.71. The van der Waals surface area contributed by atoms with Gasteiger partial charge >= 0.3 is 0 Å². The van der Waals surface area contributed by atoms with Gasteiger partial charge in [0.05, 0.1) is 11.7 Å². The van der Waals surface area contributed by atoms with Gasteiger partial charge in [0, 0.05) is 35.7 Å². The lowest BCUT2D eigenvalue weighted by Gasteiger charge is -2.08. The number of benzene rings is 2. The molecule has 2 aromatic carbocycles. The summed E-state index contributed by atoms with van der Waals surface area (Å²) in [6, 6.07) is 11.0. The summed E-state index contributed by atoms with van der Waals surface area (Å²) < 4.78 is 27.7. The van der Waals surface area contributed by atoms with Crippen LogP contribution in [0.2, 0.25) is 0 Å². The zero-order valence-corrected chi connectivity index (χ0v) is 16.8. The first-order chi connectivity index (χ1) is 14.4. The lowest BCUT2D eigenvalue weighted by molar-refractivity contribution is -0.116. The zero-order valence-electron chi connectivity index (χ0n) is 16.0. The Bertz CT molecular complexity index is 1300. The summed E-state index contributed by atoms with van der Waals surface area (Å²) in [5.41, 5.74) is 2.80. The topological polar surface area (TPSA) is 64.0 Å². The van der Waals surface area contributed by atoms with Crippen molar-refractivity contribution < 1.29 is 13.6 Å². The van der Waals surface area contributed by atoms with Crippen molar-refractivity contribution in [2.24, 2.45) is 0 Å². The van der Waals surface area contributed by atoms with Gasteiger partial charge in [0.2, 0.25) is 5.91 Å². The monoisotopic (exact) mass is 425 g/mol. The van der Waals surface area contributed by atoms with Crippen LogP contribution in [-0.4, -0.2) is 15.5 Å². The van der Waals surface area contributed by atoms with Crippen molar-refractivity contribution in [3.05, 3.63) is 81.7 Å². The van der Waals surface area contributed by atoms with Gasteiger partial charge in [-0.05, 0) is 24.6 Å². The molecule has 0 radical (unpaired) electrons. The van der Waals surface area contributed by atoms with Crippen LogP contribution >= 0.6 is 11.3 Å². The van der Waals surface area contributed by atoms with Gasteiger partial charge in [-0.3, -0.25) is 14.2 Å². The lowest BCUT2D eigenvalue weighted by Crippen LogP contribution is -2.23. The van der Waals surface area contributed by atoms with Crippen molar-refractivity contribution in [3.63, 3.8) is 0 Å². The maximum atomic E-state index is 13.3. The number of carbonyl (C=O) groups is 1. The summed E-state index contributed by atoms with van der Waals surface area (Å²) >= 11 is 1.39. The number of hydrogen-bond donors (Lipinski definition) is 1. The minimum Gasteiger partial charge on any atom is -0.326 e. The summed E-state index contributed by atoms with van der Waals surface area (Å²) in [6.07, 6.45) is 1.40. The van der Waals surface area contributed by atoms with Gasteiger partial charge in [-0.25, -0.2) is 13.8 Å². The molecule has 0 atom stereocenters. The Morgan fingerprint density at radius 1 is 1.13 bits per heavy atom. The van der Waals surface area contributed by atoms with Crippen LogP contribution in [0.15, 0.2) is 59.0 Å². The fraction of sp³-hybridized carbons (Fsp3) is 0.136. The number of aromatic nitrogens is 2. The fourth-order valence-corrected chi connectivity index (χ4v) is 4.00. The van der Waals surface area contributed by atoms with Crippen LogP contribution in [0, 0.1) is 18.6 Å². The molecule has 0 unspecified atom stereocenters. The van der Waals surface area contributed by atoms with E-state index in [-0.39, 0.29) is 24.2 Å². The quantitative estimate of drug-likeness (QED) is 0.502. The molecule has 2 aromatic heterocycles. The first kappa shape index (κ1) is 19.9. The average Bonchev–Trinajstić information content (AvgIpc) is 3.16. The van der Waals surface area contributed by atoms with E-state index >= 15 is 0 Å². The second-order valence-corrected chi connectivity index (χ2v) is 7.72. The third-order valence-corrected chi connectivity index (χ3v) is 5.59. The molecule has 0 aliphatic carbocycles. The van der Waals surface area contributed by atoms with Gasteiger partial charge < -0.3 is 5.32 Å². The van der Waals surface area contributed by atoms with E-state index in [9.17, 15) is 18.4 Å². The van der Waals surface area contributed by atoms with Crippen molar-refractivity contribution in [1.82, 2.24) is 9.55 Å². The summed E-state index contributed by atoms with van der Waals surface area (Å²) in [5.74, 6) is -2.45. The Balaban J connectivity index is 1.54. The molecule has 4 aromatic rings. The second kappa shape index (κ2) is 8.16. The minimum absolute atomic E-state index is 0.0178. The molecule has 0 aliphatic rings. The van der Waals surface area contributed by atoms with Crippen LogP contribution in [0.4, 0.5) is 14.5 Å². The number of anilines is 1. The van der Waals surface area contributed by atoms with Crippen molar-refractivity contribution >= 4 is 33.1 Å². The molecule has 1 amide bonds. The summed E-state index contributed by atoms with van der Waals surface area (Å²) in [6.45, 7) is 2.11. The number of halogens is 2. The number of aryl methyl sites for hydroxylation is 2. The van der Waals surface area contributed by atoms with Crippen LogP contribution in [0.3, 0.4) is 0 Å². The largest absolute Gasteiger partial charge is 0.326 e. The highest BCUT2D eigenvalue weighted by atomic mass is 32.1. The highest BCUT2D eigenvalue weighted by Gasteiger charge is 2.14. The number of carbonyl (C=O) groups excluding carboxylic acids is 1. The summed E-state index contributed by atoms with van der Waals surface area (Å²) in [7, 11) is 0. The molecule has 1 N–H and O–H groups in total. The van der Waals surface area contributed by atoms with E-state index in [1.807, 2.05) is 36.6 Å². The van der Waals surface area contributed by atoms with Gasteiger partial charge in [-0.1, -0.05) is 29.8 Å². The Labute approximate surface area is 174 Å². The van der Waals surface area contributed by atoms with Gasteiger partial charge in [0.15, 0.2) is 11.6 Å². The molecule has 8 heteroatoms. The van der Waals surface area contributed by atoms with E-state index in [1.165, 1.54) is 28.3 Å². The Kier molecular flexibility index (Phi) is 5.41. The fourth-order valence-electron chi connectivity index (χ4n) is 3.09. The predicted octanol–water partition coefficient (Wildman–Crippen LogP) is 4.74. The number of rotatable bonds is 5. The van der Waals surface area contributed by atoms with E-state index in [4.69, 9.17) is 0 Å². The standard InChI is InChI=1S/C22H17F2N3O2S/c1-13-2-4-14(5-3-13)16-11-30-21-20(16)22(29)27(12-25-21)9-8-19(28)26-15-6-7-17(23)18(24)10-15/h2-7,10-12H,8-9H2,1H3,(H,26,28). The molecule has 2 heterocycles. The van der Waals surface area contributed by atoms with E-state index < -0.39 is 17.5 Å². The molecule has 152 valence electrons. The molecule has 30 heavy (non-hydrogen) atoms. The number of amides is 1. The molecular formula is C22H17F2N3O2S. The van der Waals surface area contributed by atoms with E-state index in [2.05, 4.69) is 10.3 Å². The van der Waals surface area contributed by atoms with Crippen LogP contribution in [0.1, 0.15) is 12.0 Å². The van der Waals surface area contributed by atoms with E-state index in [1.54, 1.807) is 0 Å². The van der Waals surface area contributed by atoms with Crippen molar-refractivity contribution in [3.8, 4) is 11.1 Å². The van der Waals surface area contributed by atoms with Gasteiger partial charge in [-0.15, -0.1) is 11.3 Å². The van der Waals surface area contributed by atoms with Crippen molar-refractivity contribution in [1.29, 1.82) is 0 Å². The average molecular weight is 425 g/mol. The van der Waals surface area contributed by atoms with Crippen LogP contribution in [0.5, 0.6) is 0 Å². The number of nitrogens with one attached hydrogen (secondary N) is 1. The molecule has 0 bridgehead atoms. The van der Waals surface area contributed by atoms with Gasteiger partial charge in [-0.2, -0.15) is 0 Å². The molecule has 5 nitrogen and oxygen atoms in total.